The Morgan fingerprint density at radius 1 is 1.12 bits per heavy atom. The minimum Gasteiger partial charge on any atom is -0.381 e. The number of halogens is 3. The van der Waals surface area contributed by atoms with Gasteiger partial charge in [-0.3, -0.25) is 9.62 Å². The Hall–Kier alpha value is -2.63. The number of aromatic nitrogens is 1. The van der Waals surface area contributed by atoms with E-state index in [2.05, 4.69) is 36.0 Å². The highest BCUT2D eigenvalue weighted by Crippen LogP contribution is 2.27. The normalized spacial score (nSPS) is 12.2. The predicted octanol–water partition coefficient (Wildman–Crippen LogP) is 5.59. The second-order valence-electron chi connectivity index (χ2n) is 8.50. The van der Waals surface area contributed by atoms with Crippen molar-refractivity contribution in [3.05, 3.63) is 69.8 Å². The van der Waals surface area contributed by atoms with Gasteiger partial charge in [-0.15, -0.1) is 11.3 Å². The van der Waals surface area contributed by atoms with Crippen LogP contribution in [0, 0.1) is 17.5 Å². The molecule has 0 aliphatic heterocycles. The fourth-order valence-electron chi connectivity index (χ4n) is 3.25. The molecular weight excluding hydrogens is 485 g/mol. The van der Waals surface area contributed by atoms with Crippen LogP contribution in [0.15, 0.2) is 46.1 Å². The summed E-state index contributed by atoms with van der Waals surface area (Å²) < 4.78 is 70.9. The zero-order valence-corrected chi connectivity index (χ0v) is 21.0. The van der Waals surface area contributed by atoms with E-state index in [1.54, 1.807) is 6.07 Å². The molecule has 0 bridgehead atoms. The van der Waals surface area contributed by atoms with Crippen molar-refractivity contribution in [2.45, 2.75) is 50.7 Å². The van der Waals surface area contributed by atoms with Crippen LogP contribution >= 0.6 is 11.3 Å². The van der Waals surface area contributed by atoms with E-state index in [9.17, 15) is 21.6 Å². The third kappa shape index (κ3) is 5.89. The summed E-state index contributed by atoms with van der Waals surface area (Å²) in [5.74, 6) is -3.03. The van der Waals surface area contributed by atoms with Gasteiger partial charge in [0.25, 0.3) is 10.0 Å². The molecule has 1 heterocycles. The number of sulfonamides is 1. The van der Waals surface area contributed by atoms with Crippen molar-refractivity contribution in [2.75, 3.05) is 17.1 Å². The van der Waals surface area contributed by atoms with Gasteiger partial charge in [0.05, 0.1) is 5.51 Å². The van der Waals surface area contributed by atoms with Crippen LogP contribution in [0.25, 0.3) is 0 Å². The predicted molar refractivity (Wildman–Crippen MR) is 129 cm³/mol. The minimum absolute atomic E-state index is 0.0148. The third-order valence-corrected chi connectivity index (χ3v) is 7.92. The molecule has 0 radical (unpaired) electrons. The lowest BCUT2D eigenvalue weighted by Gasteiger charge is -2.35. The summed E-state index contributed by atoms with van der Waals surface area (Å²) in [6.45, 7) is 6.70. The van der Waals surface area contributed by atoms with E-state index < -0.39 is 32.4 Å². The SMILES string of the molecule is CCC(C)(C)N(C)Cc1cccc(F)c1CNc1cc(F)c(S(=O)(=O)Nc2cscn2)c(F)c1. The van der Waals surface area contributed by atoms with Crippen molar-refractivity contribution in [1.82, 2.24) is 9.88 Å². The number of benzene rings is 2. The summed E-state index contributed by atoms with van der Waals surface area (Å²) in [6, 6.07) is 6.49. The number of nitrogens with one attached hydrogen (secondary N) is 2. The Kier molecular flexibility index (Phi) is 7.89. The summed E-state index contributed by atoms with van der Waals surface area (Å²) in [4.78, 5) is 4.76. The first kappa shape index (κ1) is 26.0. The summed E-state index contributed by atoms with van der Waals surface area (Å²) in [6.07, 6.45) is 0.900. The highest BCUT2D eigenvalue weighted by molar-refractivity contribution is 7.92. The fraction of sp³-hybridized carbons (Fsp3) is 0.348. The molecule has 0 aliphatic carbocycles. The molecule has 0 unspecified atom stereocenters. The van der Waals surface area contributed by atoms with E-state index in [0.29, 0.717) is 12.1 Å². The topological polar surface area (TPSA) is 74.3 Å². The summed E-state index contributed by atoms with van der Waals surface area (Å²) in [5.41, 5.74) is 2.37. The summed E-state index contributed by atoms with van der Waals surface area (Å²) in [5, 5.41) is 4.21. The Labute approximate surface area is 201 Å². The van der Waals surface area contributed by atoms with Crippen molar-refractivity contribution in [3.63, 3.8) is 0 Å². The van der Waals surface area contributed by atoms with Gasteiger partial charge in [-0.05, 0) is 51.1 Å². The molecule has 0 fully saturated rings. The average molecular weight is 513 g/mol. The number of hydrogen-bond donors (Lipinski definition) is 2. The maximum atomic E-state index is 14.7. The van der Waals surface area contributed by atoms with Crippen molar-refractivity contribution in [2.24, 2.45) is 0 Å². The number of anilines is 2. The van der Waals surface area contributed by atoms with Crippen LogP contribution in [0.5, 0.6) is 0 Å². The lowest BCUT2D eigenvalue weighted by Crippen LogP contribution is -2.40. The Morgan fingerprint density at radius 2 is 1.79 bits per heavy atom. The van der Waals surface area contributed by atoms with E-state index in [1.165, 1.54) is 17.0 Å². The molecule has 2 N–H and O–H groups in total. The maximum absolute atomic E-state index is 14.7. The first-order valence-electron chi connectivity index (χ1n) is 10.6. The molecular formula is C23H27F3N4O2S2. The van der Waals surface area contributed by atoms with Gasteiger partial charge >= 0.3 is 0 Å². The van der Waals surface area contributed by atoms with E-state index in [-0.39, 0.29) is 23.6 Å². The molecule has 0 aliphatic rings. The minimum atomic E-state index is -4.52. The molecule has 11 heteroatoms. The lowest BCUT2D eigenvalue weighted by molar-refractivity contribution is 0.142. The molecule has 184 valence electrons. The van der Waals surface area contributed by atoms with E-state index in [1.807, 2.05) is 17.8 Å². The quantitative estimate of drug-likeness (QED) is 0.370. The van der Waals surface area contributed by atoms with E-state index in [0.717, 1.165) is 35.5 Å². The van der Waals surface area contributed by atoms with Crippen molar-refractivity contribution >= 4 is 32.9 Å². The smallest absolute Gasteiger partial charge is 0.268 e. The van der Waals surface area contributed by atoms with Crippen molar-refractivity contribution < 1.29 is 21.6 Å². The molecule has 3 aromatic rings. The van der Waals surface area contributed by atoms with Crippen LogP contribution in [-0.4, -0.2) is 30.9 Å². The molecule has 0 spiro atoms. The Bertz CT molecular complexity index is 1230. The van der Waals surface area contributed by atoms with E-state index in [4.69, 9.17) is 0 Å². The van der Waals surface area contributed by atoms with Crippen LogP contribution in [0.4, 0.5) is 24.7 Å². The first-order valence-corrected chi connectivity index (χ1v) is 13.0. The third-order valence-electron chi connectivity index (χ3n) is 5.93. The van der Waals surface area contributed by atoms with Crippen LogP contribution in [0.3, 0.4) is 0 Å². The van der Waals surface area contributed by atoms with Gasteiger partial charge in [0, 0.05) is 35.3 Å². The molecule has 1 aromatic heterocycles. The zero-order chi connectivity index (χ0) is 25.1. The van der Waals surface area contributed by atoms with Gasteiger partial charge < -0.3 is 5.32 Å². The molecule has 34 heavy (non-hydrogen) atoms. The summed E-state index contributed by atoms with van der Waals surface area (Å²) in [7, 11) is -2.57. The largest absolute Gasteiger partial charge is 0.381 e. The second-order valence-corrected chi connectivity index (χ2v) is 10.8. The van der Waals surface area contributed by atoms with Crippen LogP contribution in [0.1, 0.15) is 38.3 Å². The zero-order valence-electron chi connectivity index (χ0n) is 19.3. The highest BCUT2D eigenvalue weighted by Gasteiger charge is 2.26. The molecule has 2 aromatic carbocycles. The molecule has 0 saturated carbocycles. The van der Waals surface area contributed by atoms with Gasteiger partial charge in [0.15, 0.2) is 10.7 Å². The summed E-state index contributed by atoms with van der Waals surface area (Å²) >= 11 is 1.13. The van der Waals surface area contributed by atoms with Gasteiger partial charge in [0.1, 0.15) is 17.5 Å². The maximum Gasteiger partial charge on any atom is 0.268 e. The van der Waals surface area contributed by atoms with E-state index >= 15 is 0 Å². The molecule has 0 saturated heterocycles. The number of nitrogens with zero attached hydrogens (tertiary/aromatic N) is 2. The second kappa shape index (κ2) is 10.3. The van der Waals surface area contributed by atoms with Gasteiger partial charge in [-0.25, -0.2) is 26.6 Å². The average Bonchev–Trinajstić information content (AvgIpc) is 3.24. The first-order chi connectivity index (χ1) is 15.9. The lowest BCUT2D eigenvalue weighted by atomic mass is 9.98. The standard InChI is InChI=1S/C23H27F3N4O2S2/c1-5-23(2,3)30(4)12-15-7-6-8-18(24)17(15)11-27-16-9-19(25)22(20(26)10-16)34(31,32)29-21-13-33-14-28-21/h6-10,13-14,27,29H,5,11-12H2,1-4H3. The number of rotatable bonds is 10. The number of thiazole rings is 1. The molecule has 0 amide bonds. The van der Waals surface area contributed by atoms with Crippen molar-refractivity contribution in [1.29, 1.82) is 0 Å². The molecule has 0 atom stereocenters. The van der Waals surface area contributed by atoms with Crippen molar-refractivity contribution in [3.8, 4) is 0 Å². The number of hydrogen-bond acceptors (Lipinski definition) is 6. The van der Waals surface area contributed by atoms with Gasteiger partial charge in [-0.2, -0.15) is 0 Å². The highest BCUT2D eigenvalue weighted by atomic mass is 32.2. The molecule has 3 rings (SSSR count). The van der Waals surface area contributed by atoms with Crippen LogP contribution in [-0.2, 0) is 23.1 Å². The molecule has 6 nitrogen and oxygen atoms in total. The monoisotopic (exact) mass is 512 g/mol. The van der Waals surface area contributed by atoms with Crippen LogP contribution < -0.4 is 10.0 Å². The Morgan fingerprint density at radius 3 is 2.38 bits per heavy atom. The van der Waals surface area contributed by atoms with Gasteiger partial charge in [0.2, 0.25) is 0 Å². The van der Waals surface area contributed by atoms with Crippen LogP contribution in [0.2, 0.25) is 0 Å². The van der Waals surface area contributed by atoms with Gasteiger partial charge in [-0.1, -0.05) is 19.1 Å². The Balaban J connectivity index is 1.82. The fourth-order valence-corrected chi connectivity index (χ4v) is 4.93.